The summed E-state index contributed by atoms with van der Waals surface area (Å²) in [6.45, 7) is 2.19. The predicted molar refractivity (Wildman–Crippen MR) is 54.6 cm³/mol. The maximum absolute atomic E-state index is 5.65. The van der Waals surface area contributed by atoms with Crippen molar-refractivity contribution in [2.75, 3.05) is 6.54 Å². The van der Waals surface area contributed by atoms with Crippen molar-refractivity contribution < 1.29 is 9.78 Å². The van der Waals surface area contributed by atoms with Crippen LogP contribution >= 0.6 is 0 Å². The van der Waals surface area contributed by atoms with Gasteiger partial charge in [-0.15, -0.1) is 0 Å². The molecule has 2 unspecified atom stereocenters. The Bertz CT molecular complexity index is 254. The van der Waals surface area contributed by atoms with Crippen molar-refractivity contribution in [3.05, 3.63) is 30.3 Å². The van der Waals surface area contributed by atoms with Crippen LogP contribution in [0.4, 0.5) is 0 Å². The molecule has 1 rings (SSSR count). The van der Waals surface area contributed by atoms with Crippen molar-refractivity contribution in [3.8, 4) is 5.75 Å². The van der Waals surface area contributed by atoms with Gasteiger partial charge in [0.25, 0.3) is 0 Å². The third-order valence-electron chi connectivity index (χ3n) is 1.91. The molecule has 0 aliphatic carbocycles. The van der Waals surface area contributed by atoms with E-state index in [0.29, 0.717) is 12.3 Å². The number of hydrogen-bond donors (Lipinski definition) is 2. The maximum atomic E-state index is 5.65. The fraction of sp³-hybridized carbons (Fsp3) is 0.400. The first-order valence-electron chi connectivity index (χ1n) is 4.58. The summed E-state index contributed by atoms with van der Waals surface area (Å²) in [5.74, 6) is 0.656. The van der Waals surface area contributed by atoms with Gasteiger partial charge in [0.05, 0.1) is 0 Å². The third-order valence-corrected chi connectivity index (χ3v) is 1.91. The van der Waals surface area contributed by atoms with Gasteiger partial charge >= 0.3 is 0 Å². The van der Waals surface area contributed by atoms with Crippen molar-refractivity contribution in [3.63, 3.8) is 0 Å². The lowest BCUT2D eigenvalue weighted by atomic mass is 10.2. The lowest BCUT2D eigenvalue weighted by Crippen LogP contribution is -2.41. The van der Waals surface area contributed by atoms with E-state index < -0.39 is 0 Å². The molecule has 0 saturated carbocycles. The van der Waals surface area contributed by atoms with Gasteiger partial charge in [-0.25, -0.2) is 0 Å². The molecule has 0 spiro atoms. The maximum Gasteiger partial charge on any atom is 0.165 e. The Labute approximate surface area is 83.7 Å². The van der Waals surface area contributed by atoms with Gasteiger partial charge in [-0.2, -0.15) is 4.89 Å². The van der Waals surface area contributed by atoms with Crippen molar-refractivity contribution in [2.24, 2.45) is 11.5 Å². The SMILES string of the molecule is CC(OOc1ccccc1)C(N)CN. The van der Waals surface area contributed by atoms with E-state index in [1.165, 1.54) is 0 Å². The minimum atomic E-state index is -0.222. The van der Waals surface area contributed by atoms with E-state index in [1.54, 1.807) is 12.1 Å². The van der Waals surface area contributed by atoms with Crippen LogP contribution in [-0.2, 0) is 4.89 Å². The fourth-order valence-electron chi connectivity index (χ4n) is 0.870. The highest BCUT2D eigenvalue weighted by atomic mass is 17.2. The van der Waals surface area contributed by atoms with E-state index >= 15 is 0 Å². The summed E-state index contributed by atoms with van der Waals surface area (Å²) in [4.78, 5) is 10.1. The van der Waals surface area contributed by atoms with E-state index in [0.717, 1.165) is 0 Å². The van der Waals surface area contributed by atoms with E-state index in [4.69, 9.17) is 21.2 Å². The molecule has 0 heterocycles. The zero-order chi connectivity index (χ0) is 10.4. The molecule has 1 aromatic rings. The Balaban J connectivity index is 2.34. The fourth-order valence-corrected chi connectivity index (χ4v) is 0.870. The molecule has 1 aromatic carbocycles. The summed E-state index contributed by atoms with van der Waals surface area (Å²) in [5.41, 5.74) is 11.0. The van der Waals surface area contributed by atoms with Crippen molar-refractivity contribution in [1.29, 1.82) is 0 Å². The number of para-hydroxylation sites is 1. The summed E-state index contributed by atoms with van der Waals surface area (Å²) >= 11 is 0. The van der Waals surface area contributed by atoms with Gasteiger partial charge in [-0.3, -0.25) is 0 Å². The molecule has 4 nitrogen and oxygen atoms in total. The van der Waals surface area contributed by atoms with Crippen LogP contribution in [0.2, 0.25) is 0 Å². The molecule has 0 bridgehead atoms. The van der Waals surface area contributed by atoms with Gasteiger partial charge < -0.3 is 16.4 Å². The van der Waals surface area contributed by atoms with Crippen LogP contribution < -0.4 is 16.4 Å². The Kier molecular flexibility index (Phi) is 4.39. The zero-order valence-electron chi connectivity index (χ0n) is 8.22. The van der Waals surface area contributed by atoms with Crippen LogP contribution in [0, 0.1) is 0 Å². The Morgan fingerprint density at radius 2 is 1.93 bits per heavy atom. The normalized spacial score (nSPS) is 14.8. The highest BCUT2D eigenvalue weighted by molar-refractivity contribution is 5.20. The first kappa shape index (κ1) is 11.0. The van der Waals surface area contributed by atoms with Gasteiger partial charge in [0.2, 0.25) is 0 Å². The van der Waals surface area contributed by atoms with Crippen LogP contribution in [0.5, 0.6) is 5.75 Å². The summed E-state index contributed by atoms with van der Waals surface area (Å²) in [6, 6.07) is 9.04. The van der Waals surface area contributed by atoms with Crippen molar-refractivity contribution >= 4 is 0 Å². The van der Waals surface area contributed by atoms with Crippen molar-refractivity contribution in [2.45, 2.75) is 19.1 Å². The highest BCUT2D eigenvalue weighted by Crippen LogP contribution is 2.10. The molecule has 0 aromatic heterocycles. The molecule has 4 N–H and O–H groups in total. The van der Waals surface area contributed by atoms with Gasteiger partial charge in [0, 0.05) is 12.6 Å². The second kappa shape index (κ2) is 5.59. The largest absolute Gasteiger partial charge is 0.337 e. The van der Waals surface area contributed by atoms with Crippen LogP contribution in [0.15, 0.2) is 30.3 Å². The van der Waals surface area contributed by atoms with E-state index in [2.05, 4.69) is 0 Å². The molecular formula is C10H16N2O2. The quantitative estimate of drug-likeness (QED) is 0.536. The Hall–Kier alpha value is -1.10. The first-order valence-corrected chi connectivity index (χ1v) is 4.58. The lowest BCUT2D eigenvalue weighted by molar-refractivity contribution is -0.243. The molecule has 78 valence electrons. The molecule has 14 heavy (non-hydrogen) atoms. The molecule has 0 aliphatic heterocycles. The Morgan fingerprint density at radius 1 is 1.29 bits per heavy atom. The van der Waals surface area contributed by atoms with Crippen molar-refractivity contribution in [1.82, 2.24) is 0 Å². The van der Waals surface area contributed by atoms with E-state index in [1.807, 2.05) is 25.1 Å². The number of benzene rings is 1. The molecule has 4 heteroatoms. The van der Waals surface area contributed by atoms with Gasteiger partial charge in [0.1, 0.15) is 6.10 Å². The molecule has 0 aliphatic rings. The van der Waals surface area contributed by atoms with Gasteiger partial charge in [-0.1, -0.05) is 18.2 Å². The highest BCUT2D eigenvalue weighted by Gasteiger charge is 2.12. The smallest absolute Gasteiger partial charge is 0.165 e. The van der Waals surface area contributed by atoms with Gasteiger partial charge in [-0.05, 0) is 19.1 Å². The van der Waals surface area contributed by atoms with Gasteiger partial charge in [0.15, 0.2) is 5.75 Å². The molecule has 0 fully saturated rings. The second-order valence-corrected chi connectivity index (χ2v) is 3.10. The number of rotatable bonds is 5. The van der Waals surface area contributed by atoms with Crippen LogP contribution in [0.25, 0.3) is 0 Å². The average Bonchev–Trinajstić information content (AvgIpc) is 2.26. The van der Waals surface area contributed by atoms with Crippen LogP contribution in [0.1, 0.15) is 6.92 Å². The minimum absolute atomic E-state index is 0.210. The second-order valence-electron chi connectivity index (χ2n) is 3.10. The molecular weight excluding hydrogens is 180 g/mol. The van der Waals surface area contributed by atoms with Crippen LogP contribution in [0.3, 0.4) is 0 Å². The summed E-state index contributed by atoms with van der Waals surface area (Å²) < 4.78 is 0. The molecule has 0 radical (unpaired) electrons. The third kappa shape index (κ3) is 3.33. The standard InChI is InChI=1S/C10H16N2O2/c1-8(10(12)7-11)13-14-9-5-3-2-4-6-9/h2-6,8,10H,7,11-12H2,1H3. The van der Waals surface area contributed by atoms with E-state index in [9.17, 15) is 0 Å². The van der Waals surface area contributed by atoms with Crippen LogP contribution in [-0.4, -0.2) is 18.7 Å². The lowest BCUT2D eigenvalue weighted by Gasteiger charge is -2.17. The van der Waals surface area contributed by atoms with E-state index in [-0.39, 0.29) is 12.1 Å². The summed E-state index contributed by atoms with van der Waals surface area (Å²) in [7, 11) is 0. The summed E-state index contributed by atoms with van der Waals surface area (Å²) in [6.07, 6.45) is -0.222. The summed E-state index contributed by atoms with van der Waals surface area (Å²) in [5, 5.41) is 0. The molecule has 0 amide bonds. The zero-order valence-corrected chi connectivity index (χ0v) is 8.22. The molecule has 2 atom stereocenters. The monoisotopic (exact) mass is 196 g/mol. The first-order chi connectivity index (χ1) is 6.74. The minimum Gasteiger partial charge on any atom is -0.337 e. The predicted octanol–water partition coefficient (Wildman–Crippen LogP) is 0.672. The number of nitrogens with two attached hydrogens (primary N) is 2. The topological polar surface area (TPSA) is 70.5 Å². The molecule has 0 saturated heterocycles. The average molecular weight is 196 g/mol. The number of hydrogen-bond acceptors (Lipinski definition) is 4. The Morgan fingerprint density at radius 3 is 2.50 bits per heavy atom.